The fraction of sp³-hybridized carbons (Fsp3) is 0.750. The highest BCUT2D eigenvalue weighted by Crippen LogP contribution is 2.30. The summed E-state index contributed by atoms with van der Waals surface area (Å²) in [4.78, 5) is 22.1. The Hall–Kier alpha value is -0.900. The van der Waals surface area contributed by atoms with Gasteiger partial charge in [0.05, 0.1) is 6.61 Å². The van der Waals surface area contributed by atoms with E-state index in [0.717, 1.165) is 12.8 Å². The van der Waals surface area contributed by atoms with Crippen LogP contribution in [0, 0.1) is 5.92 Å². The predicted octanol–water partition coefficient (Wildman–Crippen LogP) is -0.144. The fourth-order valence-electron chi connectivity index (χ4n) is 0.970. The molecule has 0 amide bonds. The predicted molar refractivity (Wildman–Crippen MR) is 42.3 cm³/mol. The van der Waals surface area contributed by atoms with Gasteiger partial charge >= 0.3 is 5.97 Å². The Labute approximate surface area is 71.1 Å². The molecule has 1 aliphatic rings. The van der Waals surface area contributed by atoms with Crippen LogP contribution in [0.3, 0.4) is 0 Å². The van der Waals surface area contributed by atoms with Gasteiger partial charge in [0.1, 0.15) is 0 Å². The van der Waals surface area contributed by atoms with E-state index in [-0.39, 0.29) is 18.3 Å². The molecule has 1 unspecified atom stereocenters. The van der Waals surface area contributed by atoms with E-state index in [9.17, 15) is 9.59 Å². The van der Waals surface area contributed by atoms with Crippen LogP contribution in [0.15, 0.2) is 0 Å². The number of ether oxygens (including phenoxy) is 1. The van der Waals surface area contributed by atoms with Crippen molar-refractivity contribution >= 4 is 11.8 Å². The van der Waals surface area contributed by atoms with E-state index in [2.05, 4.69) is 4.74 Å². The van der Waals surface area contributed by atoms with Gasteiger partial charge in [-0.1, -0.05) is 0 Å². The third kappa shape index (κ3) is 2.04. The van der Waals surface area contributed by atoms with Gasteiger partial charge in [-0.25, -0.2) is 4.79 Å². The number of esters is 1. The van der Waals surface area contributed by atoms with Crippen LogP contribution in [-0.4, -0.2) is 24.4 Å². The van der Waals surface area contributed by atoms with E-state index in [1.54, 1.807) is 6.92 Å². The number of rotatable bonds is 4. The van der Waals surface area contributed by atoms with Gasteiger partial charge in [0.15, 0.2) is 11.8 Å². The highest BCUT2D eigenvalue weighted by Gasteiger charge is 2.36. The molecule has 0 heterocycles. The second-order valence-corrected chi connectivity index (χ2v) is 2.91. The first kappa shape index (κ1) is 9.19. The van der Waals surface area contributed by atoms with Crippen LogP contribution in [0.1, 0.15) is 19.8 Å². The molecule has 0 bridgehead atoms. The molecule has 1 aliphatic carbocycles. The summed E-state index contributed by atoms with van der Waals surface area (Å²) in [5.41, 5.74) is 5.36. The molecule has 0 saturated heterocycles. The zero-order chi connectivity index (χ0) is 9.14. The van der Waals surface area contributed by atoms with Crippen molar-refractivity contribution in [3.05, 3.63) is 0 Å². The molecule has 0 aromatic carbocycles. The maximum atomic E-state index is 11.2. The minimum atomic E-state index is -1.06. The number of ketones is 1. The second kappa shape index (κ2) is 3.67. The number of hydrogen-bond acceptors (Lipinski definition) is 4. The zero-order valence-electron chi connectivity index (χ0n) is 7.08. The van der Waals surface area contributed by atoms with Crippen molar-refractivity contribution in [3.63, 3.8) is 0 Å². The van der Waals surface area contributed by atoms with Crippen LogP contribution in [0.2, 0.25) is 0 Å². The molecule has 0 radical (unpaired) electrons. The topological polar surface area (TPSA) is 69.4 Å². The Balaban J connectivity index is 2.39. The van der Waals surface area contributed by atoms with Crippen molar-refractivity contribution in [2.75, 3.05) is 6.61 Å². The summed E-state index contributed by atoms with van der Waals surface area (Å²) in [6.45, 7) is 1.96. The van der Waals surface area contributed by atoms with Gasteiger partial charge in [-0.05, 0) is 19.8 Å². The van der Waals surface area contributed by atoms with Gasteiger partial charge in [-0.2, -0.15) is 0 Å². The minimum Gasteiger partial charge on any atom is -0.464 e. The van der Waals surface area contributed by atoms with E-state index in [4.69, 9.17) is 5.73 Å². The third-order valence-corrected chi connectivity index (χ3v) is 1.83. The Kier molecular flexibility index (Phi) is 2.81. The fourth-order valence-corrected chi connectivity index (χ4v) is 0.970. The lowest BCUT2D eigenvalue weighted by Crippen LogP contribution is -2.40. The maximum absolute atomic E-state index is 11.2. The van der Waals surface area contributed by atoms with E-state index in [0.29, 0.717) is 0 Å². The molecule has 1 saturated carbocycles. The van der Waals surface area contributed by atoms with Crippen molar-refractivity contribution in [2.45, 2.75) is 25.8 Å². The molecular weight excluding hydrogens is 158 g/mol. The van der Waals surface area contributed by atoms with Gasteiger partial charge in [0.25, 0.3) is 0 Å². The molecule has 0 spiro atoms. The summed E-state index contributed by atoms with van der Waals surface area (Å²) in [7, 11) is 0. The van der Waals surface area contributed by atoms with Crippen LogP contribution in [0.4, 0.5) is 0 Å². The summed E-state index contributed by atoms with van der Waals surface area (Å²) < 4.78 is 4.62. The van der Waals surface area contributed by atoms with Crippen molar-refractivity contribution in [2.24, 2.45) is 11.7 Å². The molecule has 1 fully saturated rings. The average molecular weight is 171 g/mol. The van der Waals surface area contributed by atoms with Gasteiger partial charge in [0, 0.05) is 5.92 Å². The molecular formula is C8H13NO3. The van der Waals surface area contributed by atoms with Gasteiger partial charge in [-0.15, -0.1) is 0 Å². The van der Waals surface area contributed by atoms with Crippen LogP contribution in [0.5, 0.6) is 0 Å². The van der Waals surface area contributed by atoms with Crippen molar-refractivity contribution in [1.29, 1.82) is 0 Å². The first-order valence-corrected chi connectivity index (χ1v) is 4.12. The summed E-state index contributed by atoms with van der Waals surface area (Å²) in [6.07, 6.45) is 1.73. The minimum absolute atomic E-state index is 0.0180. The number of carbonyl (C=O) groups is 2. The molecule has 12 heavy (non-hydrogen) atoms. The highest BCUT2D eigenvalue weighted by molar-refractivity contribution is 6.04. The molecule has 4 heteroatoms. The molecule has 68 valence electrons. The summed E-state index contributed by atoms with van der Waals surface area (Å²) >= 11 is 0. The Morgan fingerprint density at radius 3 is 2.58 bits per heavy atom. The SMILES string of the molecule is CCOC(=O)C(N)C(=O)C1CC1. The summed E-state index contributed by atoms with van der Waals surface area (Å²) in [5.74, 6) is -0.757. The molecule has 0 aromatic heterocycles. The lowest BCUT2D eigenvalue weighted by Gasteiger charge is -2.07. The number of nitrogens with two attached hydrogens (primary N) is 1. The highest BCUT2D eigenvalue weighted by atomic mass is 16.5. The second-order valence-electron chi connectivity index (χ2n) is 2.91. The van der Waals surface area contributed by atoms with Crippen LogP contribution >= 0.6 is 0 Å². The lowest BCUT2D eigenvalue weighted by molar-refractivity contribution is -0.147. The van der Waals surface area contributed by atoms with Crippen LogP contribution in [-0.2, 0) is 14.3 Å². The molecule has 4 nitrogen and oxygen atoms in total. The summed E-state index contributed by atoms with van der Waals surface area (Å²) in [6, 6.07) is -1.06. The molecule has 1 rings (SSSR count). The van der Waals surface area contributed by atoms with E-state index in [1.165, 1.54) is 0 Å². The number of carbonyl (C=O) groups excluding carboxylic acids is 2. The van der Waals surface area contributed by atoms with Gasteiger partial charge in [-0.3, -0.25) is 4.79 Å². The third-order valence-electron chi connectivity index (χ3n) is 1.83. The number of Topliss-reactive ketones (excluding diaryl/α,β-unsaturated/α-hetero) is 1. The molecule has 1 atom stereocenters. The average Bonchev–Trinajstić information content (AvgIpc) is 2.84. The normalized spacial score (nSPS) is 18.5. The van der Waals surface area contributed by atoms with E-state index < -0.39 is 12.0 Å². The van der Waals surface area contributed by atoms with Crippen LogP contribution in [0.25, 0.3) is 0 Å². The van der Waals surface area contributed by atoms with E-state index in [1.807, 2.05) is 0 Å². The van der Waals surface area contributed by atoms with Crippen molar-refractivity contribution in [3.8, 4) is 0 Å². The molecule has 0 aliphatic heterocycles. The summed E-state index contributed by atoms with van der Waals surface area (Å²) in [5, 5.41) is 0. The van der Waals surface area contributed by atoms with Crippen LogP contribution < -0.4 is 5.73 Å². The smallest absolute Gasteiger partial charge is 0.330 e. The van der Waals surface area contributed by atoms with Gasteiger partial charge < -0.3 is 10.5 Å². The lowest BCUT2D eigenvalue weighted by atomic mass is 10.1. The Bertz CT molecular complexity index is 198. The zero-order valence-corrected chi connectivity index (χ0v) is 7.08. The largest absolute Gasteiger partial charge is 0.464 e. The van der Waals surface area contributed by atoms with Gasteiger partial charge in [0.2, 0.25) is 0 Å². The maximum Gasteiger partial charge on any atom is 0.330 e. The quantitative estimate of drug-likeness (QED) is 0.472. The Morgan fingerprint density at radius 1 is 1.58 bits per heavy atom. The van der Waals surface area contributed by atoms with Crippen molar-refractivity contribution < 1.29 is 14.3 Å². The first-order chi connectivity index (χ1) is 5.66. The Morgan fingerprint density at radius 2 is 2.17 bits per heavy atom. The standard InChI is InChI=1S/C8H13NO3/c1-2-12-8(11)6(9)7(10)5-3-4-5/h5-6H,2-4,9H2,1H3. The molecule has 0 aromatic rings. The monoisotopic (exact) mass is 171 g/mol. The number of hydrogen-bond donors (Lipinski definition) is 1. The first-order valence-electron chi connectivity index (χ1n) is 4.12. The van der Waals surface area contributed by atoms with E-state index >= 15 is 0 Å². The van der Waals surface area contributed by atoms with Crippen molar-refractivity contribution in [1.82, 2.24) is 0 Å². The molecule has 2 N–H and O–H groups in total.